The molecule has 196 valence electrons. The van der Waals surface area contributed by atoms with E-state index in [2.05, 4.69) is 16.0 Å². The van der Waals surface area contributed by atoms with Gasteiger partial charge in [-0.1, -0.05) is 30.3 Å². The number of hydrogen-bond acceptors (Lipinski definition) is 6. The van der Waals surface area contributed by atoms with Crippen LogP contribution in [0.2, 0.25) is 0 Å². The summed E-state index contributed by atoms with van der Waals surface area (Å²) in [5, 5.41) is 9.12. The van der Waals surface area contributed by atoms with Crippen LogP contribution in [0.15, 0.2) is 66.7 Å². The van der Waals surface area contributed by atoms with Gasteiger partial charge in [0.05, 0.1) is 12.7 Å². The first-order valence-electron chi connectivity index (χ1n) is 12.4. The van der Waals surface area contributed by atoms with E-state index >= 15 is 0 Å². The van der Waals surface area contributed by atoms with Crippen molar-refractivity contribution in [3.05, 3.63) is 83.4 Å². The maximum atomic E-state index is 13.5. The van der Waals surface area contributed by atoms with Gasteiger partial charge in [0.15, 0.2) is 11.5 Å². The minimum Gasteiger partial charge on any atom is -0.490 e. The van der Waals surface area contributed by atoms with Crippen LogP contribution >= 0.6 is 0 Å². The molecule has 0 heterocycles. The molecule has 8 nitrogen and oxygen atoms in total. The van der Waals surface area contributed by atoms with Crippen molar-refractivity contribution < 1.29 is 19.1 Å². The third kappa shape index (κ3) is 8.25. The number of anilines is 2. The predicted molar refractivity (Wildman–Crippen MR) is 147 cm³/mol. The van der Waals surface area contributed by atoms with Gasteiger partial charge < -0.3 is 31.2 Å². The summed E-state index contributed by atoms with van der Waals surface area (Å²) in [5.41, 5.74) is 9.78. The Balaban J connectivity index is 1.87. The number of benzene rings is 3. The number of rotatable bonds is 12. The van der Waals surface area contributed by atoms with Gasteiger partial charge in [-0.15, -0.1) is 0 Å². The molecule has 2 amide bonds. The fourth-order valence-electron chi connectivity index (χ4n) is 3.78. The number of nitrogens with one attached hydrogen (secondary N) is 3. The Morgan fingerprint density at radius 3 is 2.32 bits per heavy atom. The van der Waals surface area contributed by atoms with E-state index in [1.54, 1.807) is 6.07 Å². The number of hydrogen-bond donors (Lipinski definition) is 4. The zero-order valence-electron chi connectivity index (χ0n) is 21.8. The normalized spacial score (nSPS) is 11.5. The molecular formula is C29H36N4O4. The molecule has 8 heteroatoms. The monoisotopic (exact) mass is 504 g/mol. The number of carbonyl (C=O) groups is 2. The highest BCUT2D eigenvalue weighted by molar-refractivity contribution is 5.89. The molecule has 1 atom stereocenters. The van der Waals surface area contributed by atoms with Crippen molar-refractivity contribution in [1.82, 2.24) is 5.32 Å². The Hall–Kier alpha value is -4.04. The van der Waals surface area contributed by atoms with Gasteiger partial charge in [0, 0.05) is 31.4 Å². The Kier molecular flexibility index (Phi) is 9.92. The highest BCUT2D eigenvalue weighted by Gasteiger charge is 2.23. The molecule has 3 rings (SSSR count). The lowest BCUT2D eigenvalue weighted by molar-refractivity contribution is -0.122. The first-order chi connectivity index (χ1) is 17.8. The van der Waals surface area contributed by atoms with Gasteiger partial charge in [0.2, 0.25) is 11.8 Å². The van der Waals surface area contributed by atoms with Crippen molar-refractivity contribution in [3.8, 4) is 11.5 Å². The van der Waals surface area contributed by atoms with Crippen molar-refractivity contribution in [2.24, 2.45) is 5.73 Å². The van der Waals surface area contributed by atoms with Crippen LogP contribution in [0.5, 0.6) is 11.5 Å². The molecule has 0 saturated carbocycles. The summed E-state index contributed by atoms with van der Waals surface area (Å²) in [5.74, 6) is 0.838. The number of carbonyl (C=O) groups excluding carboxylic acids is 2. The zero-order chi connectivity index (χ0) is 26.8. The SMILES string of the molecule is CCOc1cc(C(Nc2ccc(CN)cc2)C(=O)NCc2cccc(NC(C)=O)c2)ccc1OC(C)C. The maximum absolute atomic E-state index is 13.5. The molecule has 0 bridgehead atoms. The first-order valence-corrected chi connectivity index (χ1v) is 12.4. The quantitative estimate of drug-likeness (QED) is 0.283. The van der Waals surface area contributed by atoms with E-state index in [0.29, 0.717) is 36.9 Å². The second kappa shape index (κ2) is 13.3. The minimum absolute atomic E-state index is 0.0170. The van der Waals surface area contributed by atoms with E-state index in [0.717, 1.165) is 22.4 Å². The van der Waals surface area contributed by atoms with Crippen LogP contribution in [0.3, 0.4) is 0 Å². The largest absolute Gasteiger partial charge is 0.490 e. The molecule has 0 saturated heterocycles. The van der Waals surface area contributed by atoms with E-state index in [1.165, 1.54) is 6.92 Å². The van der Waals surface area contributed by atoms with Crippen molar-refractivity contribution >= 4 is 23.2 Å². The van der Waals surface area contributed by atoms with Gasteiger partial charge in [-0.05, 0) is 73.9 Å². The van der Waals surface area contributed by atoms with E-state index in [9.17, 15) is 9.59 Å². The van der Waals surface area contributed by atoms with Crippen molar-refractivity contribution in [1.29, 1.82) is 0 Å². The lowest BCUT2D eigenvalue weighted by Crippen LogP contribution is -2.33. The van der Waals surface area contributed by atoms with Gasteiger partial charge in [-0.25, -0.2) is 0 Å². The summed E-state index contributed by atoms with van der Waals surface area (Å²) in [6, 6.07) is 19.9. The number of nitrogens with two attached hydrogens (primary N) is 1. The molecule has 37 heavy (non-hydrogen) atoms. The molecule has 0 aliphatic heterocycles. The summed E-state index contributed by atoms with van der Waals surface area (Å²) in [4.78, 5) is 24.9. The van der Waals surface area contributed by atoms with E-state index in [1.807, 2.05) is 81.4 Å². The molecule has 0 spiro atoms. The lowest BCUT2D eigenvalue weighted by atomic mass is 10.0. The molecule has 0 aliphatic carbocycles. The van der Waals surface area contributed by atoms with Crippen molar-refractivity contribution in [2.45, 2.75) is 52.9 Å². The Morgan fingerprint density at radius 1 is 0.919 bits per heavy atom. The Bertz CT molecular complexity index is 1190. The summed E-state index contributed by atoms with van der Waals surface area (Å²) < 4.78 is 11.7. The summed E-state index contributed by atoms with van der Waals surface area (Å²) >= 11 is 0. The standard InChI is InChI=1S/C29H36N4O4/c1-5-36-27-16-23(11-14-26(27)37-19(2)3)28(33-24-12-9-21(17-30)10-13-24)29(35)31-18-22-7-6-8-25(15-22)32-20(4)34/h6-16,19,28,33H,5,17-18,30H2,1-4H3,(H,31,35)(H,32,34). The third-order valence-corrected chi connectivity index (χ3v) is 5.44. The van der Waals surface area contributed by atoms with Crippen LogP contribution in [0.4, 0.5) is 11.4 Å². The van der Waals surface area contributed by atoms with Crippen LogP contribution in [-0.4, -0.2) is 24.5 Å². The van der Waals surface area contributed by atoms with Gasteiger partial charge in [-0.3, -0.25) is 9.59 Å². The molecular weight excluding hydrogens is 468 g/mol. The van der Waals surface area contributed by atoms with Crippen molar-refractivity contribution in [3.63, 3.8) is 0 Å². The lowest BCUT2D eigenvalue weighted by Gasteiger charge is -2.22. The number of ether oxygens (including phenoxy) is 2. The van der Waals surface area contributed by atoms with Crippen LogP contribution in [0, 0.1) is 0 Å². The second-order valence-electron chi connectivity index (χ2n) is 8.88. The first kappa shape index (κ1) is 27.5. The zero-order valence-corrected chi connectivity index (χ0v) is 21.8. The van der Waals surface area contributed by atoms with Crippen LogP contribution in [-0.2, 0) is 22.7 Å². The van der Waals surface area contributed by atoms with E-state index < -0.39 is 6.04 Å². The summed E-state index contributed by atoms with van der Waals surface area (Å²) in [7, 11) is 0. The van der Waals surface area contributed by atoms with Gasteiger partial charge in [0.25, 0.3) is 0 Å². The van der Waals surface area contributed by atoms with Gasteiger partial charge >= 0.3 is 0 Å². The minimum atomic E-state index is -0.699. The molecule has 3 aromatic carbocycles. The Labute approximate surface area is 218 Å². The molecule has 5 N–H and O–H groups in total. The number of amides is 2. The van der Waals surface area contributed by atoms with E-state index in [-0.39, 0.29) is 17.9 Å². The fourth-order valence-corrected chi connectivity index (χ4v) is 3.78. The smallest absolute Gasteiger partial charge is 0.247 e. The summed E-state index contributed by atoms with van der Waals surface area (Å²) in [6.07, 6.45) is -0.0170. The average molecular weight is 505 g/mol. The molecule has 3 aromatic rings. The van der Waals surface area contributed by atoms with Crippen molar-refractivity contribution in [2.75, 3.05) is 17.2 Å². The fraction of sp³-hybridized carbons (Fsp3) is 0.310. The molecule has 1 unspecified atom stereocenters. The summed E-state index contributed by atoms with van der Waals surface area (Å²) in [6.45, 7) is 8.47. The second-order valence-corrected chi connectivity index (χ2v) is 8.88. The average Bonchev–Trinajstić information content (AvgIpc) is 2.87. The maximum Gasteiger partial charge on any atom is 0.247 e. The van der Waals surface area contributed by atoms with Gasteiger partial charge in [-0.2, -0.15) is 0 Å². The van der Waals surface area contributed by atoms with E-state index in [4.69, 9.17) is 15.2 Å². The molecule has 0 fully saturated rings. The van der Waals surface area contributed by atoms with Crippen LogP contribution in [0.1, 0.15) is 50.4 Å². The molecule has 0 radical (unpaired) electrons. The van der Waals surface area contributed by atoms with Gasteiger partial charge in [0.1, 0.15) is 6.04 Å². The predicted octanol–water partition coefficient (Wildman–Crippen LogP) is 4.76. The van der Waals surface area contributed by atoms with Crippen LogP contribution in [0.25, 0.3) is 0 Å². The Morgan fingerprint density at radius 2 is 1.68 bits per heavy atom. The molecule has 0 aromatic heterocycles. The topological polar surface area (TPSA) is 115 Å². The van der Waals surface area contributed by atoms with Crippen LogP contribution < -0.4 is 31.2 Å². The third-order valence-electron chi connectivity index (χ3n) is 5.44. The highest BCUT2D eigenvalue weighted by Crippen LogP contribution is 2.33. The molecule has 0 aliphatic rings. The highest BCUT2D eigenvalue weighted by atomic mass is 16.5.